The van der Waals surface area contributed by atoms with Crippen LogP contribution in [-0.4, -0.2) is 71.5 Å². The molecule has 1 aliphatic rings. The molecule has 4 heterocycles. The van der Waals surface area contributed by atoms with Crippen molar-refractivity contribution < 1.29 is 32.2 Å². The third-order valence-electron chi connectivity index (χ3n) is 7.28. The molecule has 0 aliphatic carbocycles. The van der Waals surface area contributed by atoms with Crippen molar-refractivity contribution in [3.63, 3.8) is 0 Å². The van der Waals surface area contributed by atoms with Gasteiger partial charge in [-0.2, -0.15) is 4.90 Å². The van der Waals surface area contributed by atoms with Crippen LogP contribution in [-0.2, 0) is 24.2 Å². The van der Waals surface area contributed by atoms with E-state index < -0.39 is 33.4 Å². The maximum absolute atomic E-state index is 13.7. The molecule has 0 N–H and O–H groups in total. The molecule has 4 aromatic rings. The topological polar surface area (TPSA) is 133 Å². The van der Waals surface area contributed by atoms with E-state index in [0.717, 1.165) is 14.4 Å². The number of nitrogens with zero attached hydrogens (tertiary/aromatic N) is 5. The number of carbonyl (C=O) groups is 2. The maximum Gasteiger partial charge on any atom is 0.424 e. The maximum atomic E-state index is 13.7. The Kier molecular flexibility index (Phi) is 9.08. The zero-order chi connectivity index (χ0) is 34.3. The van der Waals surface area contributed by atoms with Crippen molar-refractivity contribution >= 4 is 44.7 Å². The van der Waals surface area contributed by atoms with Crippen LogP contribution in [0.15, 0.2) is 65.8 Å². The van der Waals surface area contributed by atoms with E-state index in [0.29, 0.717) is 42.2 Å². The zero-order valence-corrected chi connectivity index (χ0v) is 28.8. The Hall–Kier alpha value is -4.49. The minimum atomic E-state index is -3.97. The number of aromatic nitrogens is 3. The molecule has 13 heteroatoms. The van der Waals surface area contributed by atoms with Crippen LogP contribution in [0.5, 0.6) is 0 Å². The van der Waals surface area contributed by atoms with Crippen LogP contribution in [0, 0.1) is 6.92 Å². The molecule has 0 saturated carbocycles. The number of ether oxygens (including phenoxy) is 3. The van der Waals surface area contributed by atoms with Crippen molar-refractivity contribution in [3.8, 4) is 11.3 Å². The third kappa shape index (κ3) is 7.41. The molecule has 1 fully saturated rings. The van der Waals surface area contributed by atoms with Crippen LogP contribution >= 0.6 is 0 Å². The van der Waals surface area contributed by atoms with E-state index in [1.54, 1.807) is 90.1 Å². The highest BCUT2D eigenvalue weighted by atomic mass is 32.2. The zero-order valence-electron chi connectivity index (χ0n) is 28.0. The van der Waals surface area contributed by atoms with Crippen molar-refractivity contribution in [3.05, 3.63) is 66.5 Å². The molecule has 250 valence electrons. The molecule has 1 aromatic carbocycles. The molecule has 1 aliphatic heterocycles. The van der Waals surface area contributed by atoms with Gasteiger partial charge >= 0.3 is 12.2 Å². The van der Waals surface area contributed by atoms with Gasteiger partial charge in [0.05, 0.1) is 35.5 Å². The predicted octanol–water partition coefficient (Wildman–Crippen LogP) is 6.55. The highest BCUT2D eigenvalue weighted by molar-refractivity contribution is 7.90. The lowest BCUT2D eigenvalue weighted by Gasteiger charge is -2.35. The number of fused-ring (bicyclic) bond motifs is 1. The molecule has 12 nitrogen and oxygen atoms in total. The highest BCUT2D eigenvalue weighted by Gasteiger charge is 2.34. The number of anilines is 2. The number of hydrogen-bond donors (Lipinski definition) is 0. The largest absolute Gasteiger partial charge is 0.443 e. The quantitative estimate of drug-likeness (QED) is 0.232. The number of amides is 2. The lowest BCUT2D eigenvalue weighted by Crippen LogP contribution is -2.45. The average molecular weight is 664 g/mol. The summed E-state index contributed by atoms with van der Waals surface area (Å²) in [6.07, 6.45) is 1.13. The fourth-order valence-electron chi connectivity index (χ4n) is 5.14. The molecule has 1 saturated heterocycles. The van der Waals surface area contributed by atoms with Crippen LogP contribution in [0.4, 0.5) is 21.1 Å². The Bertz CT molecular complexity index is 1880. The molecule has 0 bridgehead atoms. The van der Waals surface area contributed by atoms with E-state index in [4.69, 9.17) is 19.2 Å². The third-order valence-corrected chi connectivity index (χ3v) is 8.96. The smallest absolute Gasteiger partial charge is 0.424 e. The Balaban J connectivity index is 1.70. The van der Waals surface area contributed by atoms with Crippen molar-refractivity contribution in [1.29, 1.82) is 0 Å². The second-order valence-corrected chi connectivity index (χ2v) is 15.3. The van der Waals surface area contributed by atoms with E-state index in [-0.39, 0.29) is 22.3 Å². The molecule has 1 atom stereocenters. The van der Waals surface area contributed by atoms with E-state index in [1.807, 2.05) is 18.7 Å². The number of imide groups is 1. The predicted molar refractivity (Wildman–Crippen MR) is 179 cm³/mol. The summed E-state index contributed by atoms with van der Waals surface area (Å²) in [5.41, 5.74) is 0.424. The molecule has 3 aromatic heterocycles. The minimum absolute atomic E-state index is 0.0611. The summed E-state index contributed by atoms with van der Waals surface area (Å²) >= 11 is 0. The molecule has 0 radical (unpaired) electrons. The minimum Gasteiger partial charge on any atom is -0.443 e. The molecule has 2 amide bonds. The highest BCUT2D eigenvalue weighted by Crippen LogP contribution is 2.35. The van der Waals surface area contributed by atoms with Gasteiger partial charge in [0, 0.05) is 36.0 Å². The first-order valence-electron chi connectivity index (χ1n) is 15.4. The van der Waals surface area contributed by atoms with E-state index in [2.05, 4.69) is 4.98 Å². The standard InChI is InChI=1S/C34H41N5O7S/c1-22-9-11-25(12-10-22)47(42,43)38-16-14-27-26(13-15-35-30(27)38)28-19-24(20-29(36-28)37-17-18-44-21-23(37)2)39(31(40)45-33(3,4)5)32(41)46-34(6,7)8/h9-16,19-20,23H,17-18,21H2,1-8H3/t23-/m1/s1. The van der Waals surface area contributed by atoms with Gasteiger partial charge in [0.15, 0.2) is 5.65 Å². The molecule has 0 unspecified atom stereocenters. The van der Waals surface area contributed by atoms with Crippen molar-refractivity contribution in [2.45, 2.75) is 77.5 Å². The van der Waals surface area contributed by atoms with Gasteiger partial charge < -0.3 is 19.1 Å². The number of aryl methyl sites for hydroxylation is 1. The fourth-order valence-corrected chi connectivity index (χ4v) is 6.44. The van der Waals surface area contributed by atoms with Gasteiger partial charge in [0.2, 0.25) is 0 Å². The first kappa shape index (κ1) is 33.9. The second-order valence-electron chi connectivity index (χ2n) is 13.5. The second kappa shape index (κ2) is 12.6. The summed E-state index contributed by atoms with van der Waals surface area (Å²) in [6.45, 7) is 15.6. The van der Waals surface area contributed by atoms with Crippen LogP contribution < -0.4 is 9.80 Å². The van der Waals surface area contributed by atoms with Crippen molar-refractivity contribution in [2.24, 2.45) is 0 Å². The summed E-state index contributed by atoms with van der Waals surface area (Å²) in [5.74, 6) is 0.488. The number of morpholine rings is 1. The molecule has 47 heavy (non-hydrogen) atoms. The lowest BCUT2D eigenvalue weighted by molar-refractivity contribution is 0.0430. The first-order chi connectivity index (χ1) is 21.9. The Labute approximate surface area is 275 Å². The van der Waals surface area contributed by atoms with Crippen molar-refractivity contribution in [2.75, 3.05) is 29.6 Å². The number of pyridine rings is 2. The number of carbonyl (C=O) groups excluding carboxylic acids is 2. The average Bonchev–Trinajstić information content (AvgIpc) is 3.41. The summed E-state index contributed by atoms with van der Waals surface area (Å²) < 4.78 is 45.4. The summed E-state index contributed by atoms with van der Waals surface area (Å²) in [6, 6.07) is 13.1. The SMILES string of the molecule is Cc1ccc(S(=O)(=O)n2ccc3c(-c4cc(N(C(=O)OC(C)(C)C)C(=O)OC(C)(C)C)cc(N5CCOC[C@H]5C)n4)ccnc32)cc1. The summed E-state index contributed by atoms with van der Waals surface area (Å²) in [4.78, 5) is 39.7. The summed E-state index contributed by atoms with van der Waals surface area (Å²) in [7, 11) is -3.97. The molecule has 0 spiro atoms. The Morgan fingerprint density at radius 1 is 0.957 bits per heavy atom. The van der Waals surface area contributed by atoms with Gasteiger partial charge in [-0.3, -0.25) is 0 Å². The molecular formula is C34H41N5O7S. The Morgan fingerprint density at radius 2 is 1.60 bits per heavy atom. The van der Waals surface area contributed by atoms with Gasteiger partial charge in [-0.15, -0.1) is 0 Å². The fraction of sp³-hybridized carbons (Fsp3) is 0.412. The number of benzene rings is 1. The van der Waals surface area contributed by atoms with Crippen molar-refractivity contribution in [1.82, 2.24) is 13.9 Å². The van der Waals surface area contributed by atoms with E-state index in [1.165, 1.54) is 12.4 Å². The number of rotatable bonds is 5. The summed E-state index contributed by atoms with van der Waals surface area (Å²) in [5, 5.41) is 0.509. The van der Waals surface area contributed by atoms with Crippen LogP contribution in [0.3, 0.4) is 0 Å². The van der Waals surface area contributed by atoms with Gasteiger partial charge in [0.1, 0.15) is 17.0 Å². The first-order valence-corrected chi connectivity index (χ1v) is 16.8. The van der Waals surface area contributed by atoms with Gasteiger partial charge in [-0.05, 0) is 85.7 Å². The number of hydrogen-bond acceptors (Lipinski definition) is 10. The van der Waals surface area contributed by atoms with Gasteiger partial charge in [0.25, 0.3) is 10.0 Å². The van der Waals surface area contributed by atoms with Crippen LogP contribution in [0.25, 0.3) is 22.3 Å². The Morgan fingerprint density at radius 3 is 2.19 bits per heavy atom. The lowest BCUT2D eigenvalue weighted by atomic mass is 10.1. The van der Waals surface area contributed by atoms with E-state index in [9.17, 15) is 18.0 Å². The van der Waals surface area contributed by atoms with Crippen LogP contribution in [0.2, 0.25) is 0 Å². The monoisotopic (exact) mass is 663 g/mol. The van der Waals surface area contributed by atoms with Crippen LogP contribution in [0.1, 0.15) is 54.0 Å². The van der Waals surface area contributed by atoms with Gasteiger partial charge in [-0.1, -0.05) is 17.7 Å². The van der Waals surface area contributed by atoms with E-state index >= 15 is 0 Å². The molecular weight excluding hydrogens is 622 g/mol. The molecule has 5 rings (SSSR count). The van der Waals surface area contributed by atoms with Gasteiger partial charge in [-0.25, -0.2) is 31.9 Å². The normalized spacial score (nSPS) is 15.8.